The zero-order chi connectivity index (χ0) is 24.4. The lowest BCUT2D eigenvalue weighted by Crippen LogP contribution is -2.38. The van der Waals surface area contributed by atoms with Crippen LogP contribution in [0.5, 0.6) is 5.75 Å². The molecule has 0 radical (unpaired) electrons. The standard InChI is InChI=1S/C28H30ClNO4/c1-16(2)15-34-28(32)25-17(3)30-23-13-20(18-7-11-22(33-4)12-8-18)14-24(31)27(23)26(25)19-5-9-21(29)10-6-19/h5-12,16,20,25-26H,13-15H2,1-4H3. The van der Waals surface area contributed by atoms with Gasteiger partial charge in [-0.2, -0.15) is 0 Å². The Morgan fingerprint density at radius 1 is 1.06 bits per heavy atom. The van der Waals surface area contributed by atoms with E-state index in [2.05, 4.69) is 0 Å². The van der Waals surface area contributed by atoms with Gasteiger partial charge in [0.15, 0.2) is 5.78 Å². The SMILES string of the molecule is COc1ccc(C2CC(=O)C3=C(C2)N=C(C)C(C(=O)OCC(C)C)C3c2ccc(Cl)cc2)cc1. The Morgan fingerprint density at radius 3 is 2.32 bits per heavy atom. The van der Waals surface area contributed by atoms with Crippen LogP contribution in [0.25, 0.3) is 0 Å². The second-order valence-electron chi connectivity index (χ2n) is 9.45. The average molecular weight is 480 g/mol. The molecule has 2 aliphatic rings. The van der Waals surface area contributed by atoms with E-state index in [4.69, 9.17) is 26.1 Å². The van der Waals surface area contributed by atoms with Crippen LogP contribution in [0.3, 0.4) is 0 Å². The summed E-state index contributed by atoms with van der Waals surface area (Å²) in [6.07, 6.45) is 1.01. The molecule has 3 unspecified atom stereocenters. The maximum Gasteiger partial charge on any atom is 0.315 e. The topological polar surface area (TPSA) is 65.0 Å². The maximum atomic E-state index is 13.6. The van der Waals surface area contributed by atoms with Crippen molar-refractivity contribution < 1.29 is 19.1 Å². The molecule has 3 atom stereocenters. The van der Waals surface area contributed by atoms with Crippen molar-refractivity contribution in [1.82, 2.24) is 0 Å². The lowest BCUT2D eigenvalue weighted by atomic mass is 9.69. The Bertz CT molecular complexity index is 1130. The first-order valence-electron chi connectivity index (χ1n) is 11.7. The number of esters is 1. The van der Waals surface area contributed by atoms with Crippen molar-refractivity contribution in [3.05, 3.63) is 76.0 Å². The molecule has 0 spiro atoms. The van der Waals surface area contributed by atoms with Crippen LogP contribution in [0.4, 0.5) is 0 Å². The van der Waals surface area contributed by atoms with E-state index in [0.717, 1.165) is 22.6 Å². The number of benzene rings is 2. The molecule has 34 heavy (non-hydrogen) atoms. The molecule has 0 aromatic heterocycles. The highest BCUT2D eigenvalue weighted by molar-refractivity contribution is 6.30. The van der Waals surface area contributed by atoms with Crippen LogP contribution in [-0.4, -0.2) is 31.2 Å². The normalized spacial score (nSPS) is 22.4. The van der Waals surface area contributed by atoms with Gasteiger partial charge >= 0.3 is 5.97 Å². The second kappa shape index (κ2) is 10.1. The number of nitrogens with zero attached hydrogens (tertiary/aromatic N) is 1. The molecule has 0 bridgehead atoms. The summed E-state index contributed by atoms with van der Waals surface area (Å²) in [5.41, 5.74) is 4.02. The van der Waals surface area contributed by atoms with E-state index in [1.54, 1.807) is 19.2 Å². The van der Waals surface area contributed by atoms with E-state index in [0.29, 0.717) is 35.8 Å². The van der Waals surface area contributed by atoms with Crippen LogP contribution >= 0.6 is 11.6 Å². The summed E-state index contributed by atoms with van der Waals surface area (Å²) in [4.78, 5) is 31.6. The molecule has 178 valence electrons. The molecule has 0 saturated heterocycles. The summed E-state index contributed by atoms with van der Waals surface area (Å²) in [5, 5.41) is 0.604. The van der Waals surface area contributed by atoms with Gasteiger partial charge in [-0.25, -0.2) is 0 Å². The first-order valence-corrected chi connectivity index (χ1v) is 12.0. The molecule has 0 N–H and O–H groups in total. The van der Waals surface area contributed by atoms with Crippen molar-refractivity contribution in [2.24, 2.45) is 16.8 Å². The number of carbonyl (C=O) groups is 2. The molecule has 4 rings (SSSR count). The quantitative estimate of drug-likeness (QED) is 0.468. The highest BCUT2D eigenvalue weighted by Gasteiger charge is 2.44. The first kappa shape index (κ1) is 24.2. The largest absolute Gasteiger partial charge is 0.497 e. The molecular formula is C28H30ClNO4. The minimum atomic E-state index is -0.639. The van der Waals surface area contributed by atoms with Gasteiger partial charge in [0.05, 0.1) is 13.7 Å². The van der Waals surface area contributed by atoms with Crippen LogP contribution in [0.1, 0.15) is 56.6 Å². The van der Waals surface area contributed by atoms with Crippen LogP contribution in [0.15, 0.2) is 64.8 Å². The summed E-state index contributed by atoms with van der Waals surface area (Å²) in [5.74, 6) is -0.359. The van der Waals surface area contributed by atoms with Crippen molar-refractivity contribution in [3.63, 3.8) is 0 Å². The fourth-order valence-electron chi connectivity index (χ4n) is 4.85. The van der Waals surface area contributed by atoms with Gasteiger partial charge in [0.25, 0.3) is 0 Å². The number of ether oxygens (including phenoxy) is 2. The molecule has 2 aromatic carbocycles. The molecule has 1 aliphatic carbocycles. The van der Waals surface area contributed by atoms with Crippen LogP contribution < -0.4 is 4.74 Å². The minimum Gasteiger partial charge on any atom is -0.497 e. The van der Waals surface area contributed by atoms with Gasteiger partial charge in [-0.1, -0.05) is 49.7 Å². The Morgan fingerprint density at radius 2 is 1.71 bits per heavy atom. The van der Waals surface area contributed by atoms with Gasteiger partial charge in [-0.3, -0.25) is 14.6 Å². The van der Waals surface area contributed by atoms with Crippen molar-refractivity contribution >= 4 is 29.1 Å². The third kappa shape index (κ3) is 4.95. The zero-order valence-corrected chi connectivity index (χ0v) is 20.8. The lowest BCUT2D eigenvalue weighted by molar-refractivity contribution is -0.147. The summed E-state index contributed by atoms with van der Waals surface area (Å²) in [6, 6.07) is 15.2. The molecule has 6 heteroatoms. The van der Waals surface area contributed by atoms with Crippen molar-refractivity contribution in [2.45, 2.75) is 45.4 Å². The van der Waals surface area contributed by atoms with E-state index in [9.17, 15) is 9.59 Å². The van der Waals surface area contributed by atoms with Crippen molar-refractivity contribution in [3.8, 4) is 5.75 Å². The molecule has 1 aliphatic heterocycles. The van der Waals surface area contributed by atoms with Crippen LogP contribution in [0.2, 0.25) is 5.02 Å². The predicted molar refractivity (Wildman–Crippen MR) is 134 cm³/mol. The smallest absolute Gasteiger partial charge is 0.315 e. The number of carbonyl (C=O) groups excluding carboxylic acids is 2. The fraction of sp³-hybridized carbons (Fsp3) is 0.393. The highest BCUT2D eigenvalue weighted by atomic mass is 35.5. The van der Waals surface area contributed by atoms with Crippen LogP contribution in [-0.2, 0) is 14.3 Å². The van der Waals surface area contributed by atoms with Gasteiger partial charge in [0, 0.05) is 34.3 Å². The second-order valence-corrected chi connectivity index (χ2v) is 9.88. The van der Waals surface area contributed by atoms with Crippen molar-refractivity contribution in [1.29, 1.82) is 0 Å². The van der Waals surface area contributed by atoms with E-state index in [1.165, 1.54) is 0 Å². The third-order valence-electron chi connectivity index (χ3n) is 6.52. The summed E-state index contributed by atoms with van der Waals surface area (Å²) < 4.78 is 10.9. The van der Waals surface area contributed by atoms with Gasteiger partial charge < -0.3 is 9.47 Å². The zero-order valence-electron chi connectivity index (χ0n) is 20.0. The van der Waals surface area contributed by atoms with Gasteiger partial charge in [-0.15, -0.1) is 0 Å². The number of hydrogen-bond donors (Lipinski definition) is 0. The summed E-state index contributed by atoms with van der Waals surface area (Å²) >= 11 is 6.13. The van der Waals surface area contributed by atoms with E-state index in [1.807, 2.05) is 57.2 Å². The van der Waals surface area contributed by atoms with E-state index < -0.39 is 11.8 Å². The first-order chi connectivity index (χ1) is 16.3. The summed E-state index contributed by atoms with van der Waals surface area (Å²) in [6.45, 7) is 6.18. The molecule has 0 fully saturated rings. The molecular weight excluding hydrogens is 450 g/mol. The predicted octanol–water partition coefficient (Wildman–Crippen LogP) is 6.12. The Hall–Kier alpha value is -2.92. The molecule has 5 nitrogen and oxygen atoms in total. The summed E-state index contributed by atoms with van der Waals surface area (Å²) in [7, 11) is 1.63. The van der Waals surface area contributed by atoms with Gasteiger partial charge in [0.2, 0.25) is 0 Å². The number of allylic oxidation sites excluding steroid dienone is 2. The number of hydrogen-bond acceptors (Lipinski definition) is 5. The highest BCUT2D eigenvalue weighted by Crippen LogP contribution is 2.47. The van der Waals surface area contributed by atoms with Crippen molar-refractivity contribution in [2.75, 3.05) is 13.7 Å². The molecule has 0 saturated carbocycles. The number of rotatable bonds is 6. The average Bonchev–Trinajstić information content (AvgIpc) is 2.82. The van der Waals surface area contributed by atoms with E-state index in [-0.39, 0.29) is 23.6 Å². The number of ketones is 1. The Labute approximate surface area is 205 Å². The van der Waals surface area contributed by atoms with Crippen LogP contribution in [0, 0.1) is 11.8 Å². The number of aliphatic imine (C=N–C) groups is 1. The Kier molecular flexibility index (Phi) is 7.22. The Balaban J connectivity index is 1.73. The molecule has 1 heterocycles. The maximum absolute atomic E-state index is 13.6. The lowest BCUT2D eigenvalue weighted by Gasteiger charge is -2.36. The fourth-order valence-corrected chi connectivity index (χ4v) is 4.97. The monoisotopic (exact) mass is 479 g/mol. The third-order valence-corrected chi connectivity index (χ3v) is 6.77. The minimum absolute atomic E-state index is 0.0277. The number of methoxy groups -OCH3 is 1. The van der Waals surface area contributed by atoms with Gasteiger partial charge in [0.1, 0.15) is 11.7 Å². The molecule has 0 amide bonds. The molecule has 2 aromatic rings. The van der Waals surface area contributed by atoms with E-state index >= 15 is 0 Å². The number of Topliss-reactive ketones (excluding diaryl/α,β-unsaturated/α-hetero) is 1. The van der Waals surface area contributed by atoms with Gasteiger partial charge in [-0.05, 0) is 60.6 Å². The number of halogens is 1.